The van der Waals surface area contributed by atoms with Crippen LogP contribution in [0.25, 0.3) is 10.9 Å². The summed E-state index contributed by atoms with van der Waals surface area (Å²) < 4.78 is 12.8. The minimum Gasteiger partial charge on any atom is -0.329 e. The normalized spacial score (nSPS) is 23.2. The van der Waals surface area contributed by atoms with Crippen LogP contribution in [0.4, 0.5) is 10.2 Å². The van der Waals surface area contributed by atoms with E-state index in [1.807, 2.05) is 19.1 Å². The van der Waals surface area contributed by atoms with Crippen LogP contribution in [0.1, 0.15) is 18.5 Å². The lowest BCUT2D eigenvalue weighted by Crippen LogP contribution is -2.25. The maximum absolute atomic E-state index is 14.3. The zero-order chi connectivity index (χ0) is 15.3. The predicted molar refractivity (Wildman–Crippen MR) is 94.8 cm³/mol. The standard InChI is InChI=1S/C16H14BrFN4.ClH/c1-10-6-12-13(8-19-10)20-9-21-15(12)22-5-3-11-2-4-16(17,18)7-14(11)22;/h2,4,6,8-9H,3,5,7H2,1H3;1H. The highest BCUT2D eigenvalue weighted by Crippen LogP contribution is 2.42. The van der Waals surface area contributed by atoms with E-state index in [9.17, 15) is 4.39 Å². The molecule has 0 radical (unpaired) electrons. The van der Waals surface area contributed by atoms with Crippen molar-refractivity contribution >= 4 is 45.1 Å². The van der Waals surface area contributed by atoms with Crippen molar-refractivity contribution in [3.05, 3.63) is 47.7 Å². The van der Waals surface area contributed by atoms with Crippen LogP contribution in [0, 0.1) is 6.92 Å². The topological polar surface area (TPSA) is 41.9 Å². The lowest BCUT2D eigenvalue weighted by molar-refractivity contribution is 0.359. The molecule has 0 amide bonds. The van der Waals surface area contributed by atoms with Crippen LogP contribution in [0.15, 0.2) is 42.0 Å². The Bertz CT molecular complexity index is 834. The van der Waals surface area contributed by atoms with Gasteiger partial charge in [0.2, 0.25) is 0 Å². The van der Waals surface area contributed by atoms with Crippen molar-refractivity contribution in [2.45, 2.75) is 24.3 Å². The number of nitrogens with zero attached hydrogens (tertiary/aromatic N) is 4. The maximum atomic E-state index is 14.3. The largest absolute Gasteiger partial charge is 0.329 e. The average Bonchev–Trinajstić information content (AvgIpc) is 2.88. The highest BCUT2D eigenvalue weighted by molar-refractivity contribution is 9.10. The molecule has 3 heterocycles. The van der Waals surface area contributed by atoms with Crippen molar-refractivity contribution in [3.8, 4) is 0 Å². The molecule has 2 aromatic heterocycles. The minimum atomic E-state index is -1.48. The monoisotopic (exact) mass is 396 g/mol. The van der Waals surface area contributed by atoms with Crippen molar-refractivity contribution < 1.29 is 4.39 Å². The quantitative estimate of drug-likeness (QED) is 0.675. The summed E-state index contributed by atoms with van der Waals surface area (Å²) in [5, 5.41) is 0.956. The summed E-state index contributed by atoms with van der Waals surface area (Å²) >= 11 is 3.13. The molecule has 0 spiro atoms. The van der Waals surface area contributed by atoms with Crippen LogP contribution in [-0.4, -0.2) is 26.1 Å². The summed E-state index contributed by atoms with van der Waals surface area (Å²) in [5.74, 6) is 0.833. The molecular weight excluding hydrogens is 383 g/mol. The Morgan fingerprint density at radius 3 is 2.96 bits per heavy atom. The predicted octanol–water partition coefficient (Wildman–Crippen LogP) is 4.24. The van der Waals surface area contributed by atoms with Gasteiger partial charge in [0.15, 0.2) is 4.58 Å². The number of rotatable bonds is 1. The molecule has 2 aliphatic rings. The summed E-state index contributed by atoms with van der Waals surface area (Å²) in [7, 11) is 0. The molecule has 0 fully saturated rings. The van der Waals surface area contributed by atoms with Crippen LogP contribution >= 0.6 is 28.3 Å². The third kappa shape index (κ3) is 2.85. The highest BCUT2D eigenvalue weighted by atomic mass is 79.9. The zero-order valence-corrected chi connectivity index (χ0v) is 14.9. The second kappa shape index (κ2) is 5.83. The van der Waals surface area contributed by atoms with Crippen molar-refractivity contribution in [3.63, 3.8) is 0 Å². The first-order valence-corrected chi connectivity index (χ1v) is 7.97. The Labute approximate surface area is 148 Å². The second-order valence-electron chi connectivity index (χ2n) is 5.68. The first-order valence-electron chi connectivity index (χ1n) is 7.17. The van der Waals surface area contributed by atoms with E-state index in [1.165, 1.54) is 5.57 Å². The molecule has 2 aromatic rings. The van der Waals surface area contributed by atoms with Crippen LogP contribution in [0.2, 0.25) is 0 Å². The van der Waals surface area contributed by atoms with Gasteiger partial charge in [0.05, 0.1) is 11.7 Å². The summed E-state index contributed by atoms with van der Waals surface area (Å²) in [6.45, 7) is 2.75. The Hall–Kier alpha value is -1.53. The second-order valence-corrected chi connectivity index (χ2v) is 7.00. The minimum absolute atomic E-state index is 0. The van der Waals surface area contributed by atoms with E-state index in [2.05, 4.69) is 35.8 Å². The number of anilines is 1. The molecule has 0 saturated carbocycles. The van der Waals surface area contributed by atoms with Gasteiger partial charge in [-0.3, -0.25) is 4.98 Å². The van der Waals surface area contributed by atoms with Crippen molar-refractivity contribution in [2.24, 2.45) is 0 Å². The van der Waals surface area contributed by atoms with Crippen LogP contribution in [-0.2, 0) is 0 Å². The van der Waals surface area contributed by atoms with E-state index in [-0.39, 0.29) is 12.4 Å². The fraction of sp³-hybridized carbons (Fsp3) is 0.312. The lowest BCUT2D eigenvalue weighted by Gasteiger charge is -2.27. The maximum Gasteiger partial charge on any atom is 0.189 e. The molecule has 1 aliphatic heterocycles. The Balaban J connectivity index is 0.00000156. The lowest BCUT2D eigenvalue weighted by atomic mass is 10.0. The third-order valence-corrected chi connectivity index (χ3v) is 4.67. The third-order valence-electron chi connectivity index (χ3n) is 4.13. The average molecular weight is 398 g/mol. The Kier molecular flexibility index (Phi) is 4.14. The summed E-state index contributed by atoms with van der Waals surface area (Å²) in [6.07, 6.45) is 7.98. The first kappa shape index (κ1) is 16.3. The van der Waals surface area contributed by atoms with Crippen LogP contribution in [0.5, 0.6) is 0 Å². The molecule has 0 saturated heterocycles. The Morgan fingerprint density at radius 1 is 1.30 bits per heavy atom. The molecule has 1 aliphatic carbocycles. The molecule has 0 aromatic carbocycles. The molecule has 4 nitrogen and oxygen atoms in total. The molecule has 1 unspecified atom stereocenters. The van der Waals surface area contributed by atoms with Gasteiger partial charge in [-0.2, -0.15) is 0 Å². The van der Waals surface area contributed by atoms with E-state index in [0.29, 0.717) is 6.42 Å². The van der Waals surface area contributed by atoms with E-state index in [1.54, 1.807) is 18.6 Å². The molecule has 1 atom stereocenters. The molecule has 4 rings (SSSR count). The van der Waals surface area contributed by atoms with E-state index >= 15 is 0 Å². The van der Waals surface area contributed by atoms with E-state index < -0.39 is 4.58 Å². The van der Waals surface area contributed by atoms with Gasteiger partial charge in [-0.15, -0.1) is 12.4 Å². The number of pyridine rings is 1. The number of aromatic nitrogens is 3. The van der Waals surface area contributed by atoms with Gasteiger partial charge >= 0.3 is 0 Å². The molecular formula is C16H15BrClFN4. The van der Waals surface area contributed by atoms with Crippen LogP contribution < -0.4 is 4.90 Å². The van der Waals surface area contributed by atoms with Gasteiger partial charge in [-0.1, -0.05) is 6.08 Å². The van der Waals surface area contributed by atoms with Gasteiger partial charge in [0.1, 0.15) is 12.1 Å². The molecule has 0 bridgehead atoms. The summed E-state index contributed by atoms with van der Waals surface area (Å²) in [5.41, 5.74) is 3.91. The number of hydrogen-bond donors (Lipinski definition) is 0. The highest BCUT2D eigenvalue weighted by Gasteiger charge is 2.35. The summed E-state index contributed by atoms with van der Waals surface area (Å²) in [4.78, 5) is 15.1. The van der Waals surface area contributed by atoms with E-state index in [4.69, 9.17) is 0 Å². The number of halogens is 3. The van der Waals surface area contributed by atoms with Crippen molar-refractivity contribution in [2.75, 3.05) is 11.4 Å². The number of fused-ring (bicyclic) bond motifs is 1. The van der Waals surface area contributed by atoms with Gasteiger partial charge in [0, 0.05) is 29.7 Å². The molecule has 7 heteroatoms. The van der Waals surface area contributed by atoms with Crippen molar-refractivity contribution in [1.29, 1.82) is 0 Å². The fourth-order valence-electron chi connectivity index (χ4n) is 3.08. The zero-order valence-electron chi connectivity index (χ0n) is 12.5. The number of hydrogen-bond acceptors (Lipinski definition) is 4. The van der Waals surface area contributed by atoms with Crippen molar-refractivity contribution in [1.82, 2.24) is 15.0 Å². The molecule has 23 heavy (non-hydrogen) atoms. The smallest absolute Gasteiger partial charge is 0.189 e. The van der Waals surface area contributed by atoms with Gasteiger partial charge in [-0.05, 0) is 47.0 Å². The van der Waals surface area contributed by atoms with Crippen LogP contribution in [0.3, 0.4) is 0 Å². The number of alkyl halides is 2. The van der Waals surface area contributed by atoms with Gasteiger partial charge in [0.25, 0.3) is 0 Å². The number of aryl methyl sites for hydroxylation is 1. The molecule has 120 valence electrons. The van der Waals surface area contributed by atoms with Gasteiger partial charge in [-0.25, -0.2) is 14.4 Å². The Morgan fingerprint density at radius 2 is 2.13 bits per heavy atom. The fourth-order valence-corrected chi connectivity index (χ4v) is 3.47. The molecule has 0 N–H and O–H groups in total. The number of allylic oxidation sites excluding steroid dienone is 3. The SMILES string of the molecule is Cc1cc2c(N3CCC4=C3CC(F)(Br)C=C4)ncnc2cn1.Cl. The summed E-state index contributed by atoms with van der Waals surface area (Å²) in [6, 6.07) is 1.98. The first-order chi connectivity index (χ1) is 10.5. The van der Waals surface area contributed by atoms with Gasteiger partial charge < -0.3 is 4.90 Å². The van der Waals surface area contributed by atoms with E-state index in [0.717, 1.165) is 41.1 Å².